The van der Waals surface area contributed by atoms with E-state index in [1.54, 1.807) is 24.3 Å². The molecular weight excluding hydrogens is 336 g/mol. The van der Waals surface area contributed by atoms with E-state index in [0.717, 1.165) is 0 Å². The minimum atomic E-state index is -0.929. The van der Waals surface area contributed by atoms with Crippen molar-refractivity contribution in [2.75, 3.05) is 13.1 Å². The molecule has 2 atom stereocenters. The fraction of sp³-hybridized carbons (Fsp3) is 0.333. The maximum atomic E-state index is 12.6. The lowest BCUT2D eigenvalue weighted by Crippen LogP contribution is -2.53. The van der Waals surface area contributed by atoms with Gasteiger partial charge in [-0.2, -0.15) is 0 Å². The van der Waals surface area contributed by atoms with Crippen LogP contribution in [0.1, 0.15) is 18.0 Å². The summed E-state index contributed by atoms with van der Waals surface area (Å²) in [5.41, 5.74) is 0.518. The van der Waals surface area contributed by atoms with E-state index in [9.17, 15) is 19.2 Å². The fourth-order valence-corrected chi connectivity index (χ4v) is 3.08. The van der Waals surface area contributed by atoms with Crippen LogP contribution >= 0.6 is 11.6 Å². The van der Waals surface area contributed by atoms with Gasteiger partial charge < -0.3 is 15.5 Å². The molecule has 126 valence electrons. The van der Waals surface area contributed by atoms with Crippen LogP contribution in [-0.2, 0) is 14.4 Å². The van der Waals surface area contributed by atoms with Crippen molar-refractivity contribution in [2.45, 2.75) is 18.5 Å². The summed E-state index contributed by atoms with van der Waals surface area (Å²) in [6.07, 6.45) is -0.216. The summed E-state index contributed by atoms with van der Waals surface area (Å²) < 4.78 is 0. The molecule has 3 N–H and O–H groups in total. The summed E-state index contributed by atoms with van der Waals surface area (Å²) in [5.74, 6) is -1.29. The van der Waals surface area contributed by atoms with Crippen molar-refractivity contribution < 1.29 is 19.2 Å². The van der Waals surface area contributed by atoms with Crippen LogP contribution in [0.2, 0.25) is 5.02 Å². The molecule has 2 aliphatic rings. The molecule has 2 aliphatic heterocycles. The summed E-state index contributed by atoms with van der Waals surface area (Å²) in [6, 6.07) is 4.38. The lowest BCUT2D eigenvalue weighted by molar-refractivity contribution is -0.144. The van der Waals surface area contributed by atoms with Gasteiger partial charge in [-0.25, -0.2) is 4.79 Å². The van der Waals surface area contributed by atoms with Gasteiger partial charge in [-0.05, 0) is 6.07 Å². The Morgan fingerprint density at radius 2 is 1.96 bits per heavy atom. The van der Waals surface area contributed by atoms with E-state index in [2.05, 4.69) is 16.0 Å². The number of nitrogens with zero attached hydrogens (tertiary/aromatic N) is 1. The van der Waals surface area contributed by atoms with Gasteiger partial charge in [-0.1, -0.05) is 29.8 Å². The third-order valence-corrected chi connectivity index (χ3v) is 4.31. The molecule has 9 heteroatoms. The largest absolute Gasteiger partial charge is 0.352 e. The molecule has 1 aromatic carbocycles. The Labute approximate surface area is 142 Å². The first-order valence-electron chi connectivity index (χ1n) is 7.40. The van der Waals surface area contributed by atoms with Crippen LogP contribution in [-0.4, -0.2) is 47.8 Å². The second-order valence-electron chi connectivity index (χ2n) is 5.52. The highest BCUT2D eigenvalue weighted by Crippen LogP contribution is 2.29. The first-order valence-corrected chi connectivity index (χ1v) is 7.78. The molecule has 8 nitrogen and oxygen atoms in total. The van der Waals surface area contributed by atoms with Gasteiger partial charge in [0.1, 0.15) is 12.1 Å². The average molecular weight is 351 g/mol. The van der Waals surface area contributed by atoms with E-state index < -0.39 is 29.9 Å². The number of piperazine rings is 1. The van der Waals surface area contributed by atoms with Gasteiger partial charge in [0, 0.05) is 23.7 Å². The monoisotopic (exact) mass is 350 g/mol. The summed E-state index contributed by atoms with van der Waals surface area (Å²) >= 11 is 6.17. The van der Waals surface area contributed by atoms with Gasteiger partial charge in [0.25, 0.3) is 5.91 Å². The zero-order chi connectivity index (χ0) is 17.3. The number of imide groups is 1. The van der Waals surface area contributed by atoms with E-state index >= 15 is 0 Å². The van der Waals surface area contributed by atoms with Crippen molar-refractivity contribution >= 4 is 35.4 Å². The van der Waals surface area contributed by atoms with Gasteiger partial charge in [0.15, 0.2) is 0 Å². The molecule has 5 amide bonds. The Hall–Kier alpha value is -2.61. The Morgan fingerprint density at radius 1 is 1.21 bits per heavy atom. The maximum absolute atomic E-state index is 12.6. The highest BCUT2D eigenvalue weighted by Gasteiger charge is 2.38. The maximum Gasteiger partial charge on any atom is 0.322 e. The third-order valence-electron chi connectivity index (χ3n) is 3.97. The molecule has 0 aromatic heterocycles. The summed E-state index contributed by atoms with van der Waals surface area (Å²) in [5, 5.41) is 7.54. The SMILES string of the molecule is O=C1NC(=O)[C@H](CC(=O)N2CCNC(=O)C2c2ccccc2Cl)N1. The highest BCUT2D eigenvalue weighted by atomic mass is 35.5. The number of carbonyl (C=O) groups is 4. The van der Waals surface area contributed by atoms with Crippen molar-refractivity contribution in [3.8, 4) is 0 Å². The first-order chi connectivity index (χ1) is 11.5. The van der Waals surface area contributed by atoms with Crippen molar-refractivity contribution in [1.29, 1.82) is 0 Å². The van der Waals surface area contributed by atoms with Gasteiger partial charge in [-0.15, -0.1) is 0 Å². The predicted molar refractivity (Wildman–Crippen MR) is 84.0 cm³/mol. The molecule has 24 heavy (non-hydrogen) atoms. The molecule has 0 bridgehead atoms. The number of urea groups is 1. The normalized spacial score (nSPS) is 23.5. The Bertz CT molecular complexity index is 723. The summed E-state index contributed by atoms with van der Waals surface area (Å²) in [6.45, 7) is 0.609. The number of rotatable bonds is 3. The zero-order valence-electron chi connectivity index (χ0n) is 12.5. The predicted octanol–water partition coefficient (Wildman–Crippen LogP) is -0.0624. The number of hydrogen-bond donors (Lipinski definition) is 3. The summed E-state index contributed by atoms with van der Waals surface area (Å²) in [4.78, 5) is 49.1. The van der Waals surface area contributed by atoms with E-state index in [1.165, 1.54) is 4.90 Å². The van der Waals surface area contributed by atoms with Crippen molar-refractivity contribution in [3.63, 3.8) is 0 Å². The Kier molecular flexibility index (Phi) is 4.39. The lowest BCUT2D eigenvalue weighted by atomic mass is 10.0. The molecule has 3 rings (SSSR count). The lowest BCUT2D eigenvalue weighted by Gasteiger charge is -2.36. The summed E-state index contributed by atoms with van der Waals surface area (Å²) in [7, 11) is 0. The van der Waals surface area contributed by atoms with Crippen LogP contribution in [0, 0.1) is 0 Å². The van der Waals surface area contributed by atoms with E-state index in [4.69, 9.17) is 11.6 Å². The number of carbonyl (C=O) groups excluding carboxylic acids is 4. The van der Waals surface area contributed by atoms with Crippen LogP contribution < -0.4 is 16.0 Å². The topological polar surface area (TPSA) is 108 Å². The van der Waals surface area contributed by atoms with Crippen LogP contribution in [0.5, 0.6) is 0 Å². The molecule has 2 saturated heterocycles. The number of halogens is 1. The van der Waals surface area contributed by atoms with Crippen LogP contribution in [0.25, 0.3) is 0 Å². The highest BCUT2D eigenvalue weighted by molar-refractivity contribution is 6.31. The molecule has 1 unspecified atom stereocenters. The molecule has 0 aliphatic carbocycles. The number of benzene rings is 1. The van der Waals surface area contributed by atoms with Crippen LogP contribution in [0.3, 0.4) is 0 Å². The third kappa shape index (κ3) is 3.05. The van der Waals surface area contributed by atoms with Gasteiger partial charge in [0.2, 0.25) is 11.8 Å². The van der Waals surface area contributed by atoms with Crippen LogP contribution in [0.4, 0.5) is 4.79 Å². The van der Waals surface area contributed by atoms with Crippen LogP contribution in [0.15, 0.2) is 24.3 Å². The zero-order valence-corrected chi connectivity index (χ0v) is 13.3. The number of hydrogen-bond acceptors (Lipinski definition) is 4. The quantitative estimate of drug-likeness (QED) is 0.663. The molecule has 2 fully saturated rings. The Morgan fingerprint density at radius 3 is 2.62 bits per heavy atom. The second-order valence-corrected chi connectivity index (χ2v) is 5.93. The first kappa shape index (κ1) is 16.3. The second kappa shape index (κ2) is 6.48. The van der Waals surface area contributed by atoms with Crippen molar-refractivity contribution in [1.82, 2.24) is 20.9 Å². The fourth-order valence-electron chi connectivity index (χ4n) is 2.84. The minimum absolute atomic E-state index is 0.216. The molecule has 1 aromatic rings. The van der Waals surface area contributed by atoms with Gasteiger partial charge in [0.05, 0.1) is 6.42 Å². The minimum Gasteiger partial charge on any atom is -0.352 e. The average Bonchev–Trinajstić information content (AvgIpc) is 2.85. The van der Waals surface area contributed by atoms with Crippen molar-refractivity contribution in [3.05, 3.63) is 34.9 Å². The molecule has 0 spiro atoms. The van der Waals surface area contributed by atoms with Gasteiger partial charge in [-0.3, -0.25) is 19.7 Å². The standard InChI is InChI=1S/C15H15ClN4O4/c16-9-4-2-1-3-8(9)12-14(23)17-5-6-20(12)11(21)7-10-13(22)19-15(24)18-10/h1-4,10,12H,5-7H2,(H,17,23)(H2,18,19,22,24)/t10-,12?/m0/s1. The molecule has 2 heterocycles. The van der Waals surface area contributed by atoms with E-state index in [0.29, 0.717) is 23.7 Å². The molecule has 0 saturated carbocycles. The molecular formula is C15H15ClN4O4. The Balaban J connectivity index is 1.83. The van der Waals surface area contributed by atoms with Gasteiger partial charge >= 0.3 is 6.03 Å². The van der Waals surface area contributed by atoms with E-state index in [1.807, 2.05) is 0 Å². The smallest absolute Gasteiger partial charge is 0.322 e. The van der Waals surface area contributed by atoms with Crippen molar-refractivity contribution in [2.24, 2.45) is 0 Å². The van der Waals surface area contributed by atoms with E-state index in [-0.39, 0.29) is 12.3 Å². The number of amides is 5. The number of nitrogens with one attached hydrogen (secondary N) is 3. The molecule has 0 radical (unpaired) electrons.